The van der Waals surface area contributed by atoms with Gasteiger partial charge in [0, 0.05) is 5.56 Å². The SMILES string of the molecule is COc1ccc(C(=O)CSc2nnc(-c3ccco3)n2Cc2ccccc2)cc1. The molecule has 0 saturated heterocycles. The molecule has 4 aromatic rings. The van der Waals surface area contributed by atoms with E-state index in [0.717, 1.165) is 11.3 Å². The molecule has 7 heteroatoms. The van der Waals surface area contributed by atoms with Crippen molar-refractivity contribution in [3.05, 3.63) is 84.1 Å². The molecule has 2 heterocycles. The Labute approximate surface area is 172 Å². The zero-order valence-corrected chi connectivity index (χ0v) is 16.6. The summed E-state index contributed by atoms with van der Waals surface area (Å²) in [6.07, 6.45) is 1.61. The molecule has 0 aliphatic carbocycles. The van der Waals surface area contributed by atoms with Gasteiger partial charge in [-0.15, -0.1) is 10.2 Å². The van der Waals surface area contributed by atoms with Crippen LogP contribution in [0.4, 0.5) is 0 Å². The number of benzene rings is 2. The van der Waals surface area contributed by atoms with E-state index in [-0.39, 0.29) is 11.5 Å². The van der Waals surface area contributed by atoms with Gasteiger partial charge in [0.1, 0.15) is 5.75 Å². The summed E-state index contributed by atoms with van der Waals surface area (Å²) in [6, 6.07) is 20.8. The predicted molar refractivity (Wildman–Crippen MR) is 111 cm³/mol. The van der Waals surface area contributed by atoms with Crippen LogP contribution in [0.1, 0.15) is 15.9 Å². The lowest BCUT2D eigenvalue weighted by Crippen LogP contribution is -2.07. The number of furan rings is 1. The number of carbonyl (C=O) groups excluding carboxylic acids is 1. The van der Waals surface area contributed by atoms with E-state index >= 15 is 0 Å². The summed E-state index contributed by atoms with van der Waals surface area (Å²) < 4.78 is 12.6. The Morgan fingerprint density at radius 1 is 1.03 bits per heavy atom. The molecule has 29 heavy (non-hydrogen) atoms. The van der Waals surface area contributed by atoms with E-state index < -0.39 is 0 Å². The van der Waals surface area contributed by atoms with Crippen LogP contribution in [0.3, 0.4) is 0 Å². The summed E-state index contributed by atoms with van der Waals surface area (Å²) in [5, 5.41) is 9.27. The van der Waals surface area contributed by atoms with Crippen molar-refractivity contribution in [3.63, 3.8) is 0 Å². The van der Waals surface area contributed by atoms with E-state index in [9.17, 15) is 4.79 Å². The maximum absolute atomic E-state index is 12.6. The minimum absolute atomic E-state index is 0.0199. The van der Waals surface area contributed by atoms with Crippen molar-refractivity contribution in [3.8, 4) is 17.3 Å². The molecule has 0 amide bonds. The maximum atomic E-state index is 12.6. The second-order valence-electron chi connectivity index (χ2n) is 6.30. The van der Waals surface area contributed by atoms with Crippen LogP contribution < -0.4 is 4.74 Å². The van der Waals surface area contributed by atoms with Gasteiger partial charge in [-0.05, 0) is 42.0 Å². The minimum atomic E-state index is 0.0199. The number of thioether (sulfide) groups is 1. The van der Waals surface area contributed by atoms with Crippen LogP contribution in [0, 0.1) is 0 Å². The van der Waals surface area contributed by atoms with Crippen LogP contribution in [0.5, 0.6) is 5.75 Å². The summed E-state index contributed by atoms with van der Waals surface area (Å²) in [6.45, 7) is 0.586. The average molecular weight is 405 g/mol. The van der Waals surface area contributed by atoms with Gasteiger partial charge in [0.25, 0.3) is 0 Å². The van der Waals surface area contributed by atoms with Crippen molar-refractivity contribution in [2.24, 2.45) is 0 Å². The Morgan fingerprint density at radius 3 is 2.52 bits per heavy atom. The molecule has 0 aliphatic rings. The molecular formula is C22H19N3O3S. The first kappa shape index (κ1) is 19.0. The van der Waals surface area contributed by atoms with Crippen LogP contribution in [-0.2, 0) is 6.54 Å². The van der Waals surface area contributed by atoms with Gasteiger partial charge in [0.15, 0.2) is 16.7 Å². The maximum Gasteiger partial charge on any atom is 0.200 e. The zero-order chi connectivity index (χ0) is 20.1. The highest BCUT2D eigenvalue weighted by Crippen LogP contribution is 2.26. The first-order chi connectivity index (χ1) is 14.2. The van der Waals surface area contributed by atoms with E-state index in [1.807, 2.05) is 47.0 Å². The third-order valence-electron chi connectivity index (χ3n) is 4.39. The quantitative estimate of drug-likeness (QED) is 0.316. The first-order valence-corrected chi connectivity index (χ1v) is 10.0. The Hall–Kier alpha value is -3.32. The number of hydrogen-bond donors (Lipinski definition) is 0. The van der Waals surface area contributed by atoms with E-state index in [2.05, 4.69) is 10.2 Å². The number of methoxy groups -OCH3 is 1. The first-order valence-electron chi connectivity index (χ1n) is 9.05. The van der Waals surface area contributed by atoms with E-state index in [1.54, 1.807) is 37.6 Å². The molecule has 0 aliphatic heterocycles. The molecule has 6 nitrogen and oxygen atoms in total. The predicted octanol–water partition coefficient (Wildman–Crippen LogP) is 4.57. The molecule has 146 valence electrons. The Morgan fingerprint density at radius 2 is 1.83 bits per heavy atom. The lowest BCUT2D eigenvalue weighted by atomic mass is 10.1. The van der Waals surface area contributed by atoms with E-state index in [0.29, 0.717) is 28.8 Å². The van der Waals surface area contributed by atoms with Gasteiger partial charge < -0.3 is 9.15 Å². The third-order valence-corrected chi connectivity index (χ3v) is 5.35. The number of nitrogens with zero attached hydrogens (tertiary/aromatic N) is 3. The molecular weight excluding hydrogens is 386 g/mol. The summed E-state index contributed by atoms with van der Waals surface area (Å²) in [5.41, 5.74) is 1.75. The standard InChI is InChI=1S/C22H19N3O3S/c1-27-18-11-9-17(10-12-18)19(26)15-29-22-24-23-21(20-8-5-13-28-20)25(22)14-16-6-3-2-4-7-16/h2-13H,14-15H2,1H3. The average Bonchev–Trinajstić information content (AvgIpc) is 3.43. The Balaban J connectivity index is 1.55. The van der Waals surface area contributed by atoms with Gasteiger partial charge in [0.05, 0.1) is 25.7 Å². The minimum Gasteiger partial charge on any atom is -0.497 e. The van der Waals surface area contributed by atoms with E-state index in [4.69, 9.17) is 9.15 Å². The molecule has 0 saturated carbocycles. The summed E-state index contributed by atoms with van der Waals surface area (Å²) in [4.78, 5) is 12.6. The highest BCUT2D eigenvalue weighted by Gasteiger charge is 2.18. The van der Waals surface area contributed by atoms with Crippen molar-refractivity contribution in [1.82, 2.24) is 14.8 Å². The second-order valence-corrected chi connectivity index (χ2v) is 7.24. The van der Waals surface area contributed by atoms with Crippen molar-refractivity contribution >= 4 is 17.5 Å². The highest BCUT2D eigenvalue weighted by atomic mass is 32.2. The van der Waals surface area contributed by atoms with Gasteiger partial charge in [-0.2, -0.15) is 0 Å². The fraction of sp³-hybridized carbons (Fsp3) is 0.136. The van der Waals surface area contributed by atoms with Crippen molar-refractivity contribution in [1.29, 1.82) is 0 Å². The summed E-state index contributed by atoms with van der Waals surface area (Å²) in [5.74, 6) is 2.28. The van der Waals surface area contributed by atoms with Crippen molar-refractivity contribution in [2.75, 3.05) is 12.9 Å². The third kappa shape index (κ3) is 4.41. The molecule has 0 fully saturated rings. The number of Topliss-reactive ketones (excluding diaryl/α,β-unsaturated/α-hetero) is 1. The summed E-state index contributed by atoms with van der Waals surface area (Å²) >= 11 is 1.36. The molecule has 0 spiro atoms. The monoisotopic (exact) mass is 405 g/mol. The number of aromatic nitrogens is 3. The second kappa shape index (κ2) is 8.79. The van der Waals surface area contributed by atoms with Crippen LogP contribution in [-0.4, -0.2) is 33.4 Å². The fourth-order valence-corrected chi connectivity index (χ4v) is 3.71. The Kier molecular flexibility index (Phi) is 5.76. The number of carbonyl (C=O) groups is 1. The van der Waals surface area contributed by atoms with Gasteiger partial charge >= 0.3 is 0 Å². The van der Waals surface area contributed by atoms with Crippen LogP contribution in [0.2, 0.25) is 0 Å². The zero-order valence-electron chi connectivity index (χ0n) is 15.8. The fourth-order valence-electron chi connectivity index (χ4n) is 2.88. The molecule has 0 atom stereocenters. The van der Waals surface area contributed by atoms with E-state index in [1.165, 1.54) is 11.8 Å². The van der Waals surface area contributed by atoms with Gasteiger partial charge in [-0.1, -0.05) is 42.1 Å². The van der Waals surface area contributed by atoms with Gasteiger partial charge in [0.2, 0.25) is 5.82 Å². The van der Waals surface area contributed by atoms with Crippen molar-refractivity contribution < 1.29 is 13.9 Å². The lowest BCUT2D eigenvalue weighted by Gasteiger charge is -2.09. The van der Waals surface area contributed by atoms with Crippen LogP contribution in [0.25, 0.3) is 11.6 Å². The molecule has 4 rings (SSSR count). The molecule has 0 radical (unpaired) electrons. The summed E-state index contributed by atoms with van der Waals surface area (Å²) in [7, 11) is 1.60. The van der Waals surface area contributed by atoms with Gasteiger partial charge in [-0.3, -0.25) is 9.36 Å². The normalized spacial score (nSPS) is 10.8. The van der Waals surface area contributed by atoms with Crippen LogP contribution in [0.15, 0.2) is 82.6 Å². The number of ketones is 1. The topological polar surface area (TPSA) is 70.2 Å². The highest BCUT2D eigenvalue weighted by molar-refractivity contribution is 7.99. The largest absolute Gasteiger partial charge is 0.497 e. The molecule has 0 unspecified atom stereocenters. The Bertz CT molecular complexity index is 1070. The smallest absolute Gasteiger partial charge is 0.200 e. The number of rotatable bonds is 8. The number of hydrogen-bond acceptors (Lipinski definition) is 6. The van der Waals surface area contributed by atoms with Crippen LogP contribution >= 0.6 is 11.8 Å². The number of ether oxygens (including phenoxy) is 1. The lowest BCUT2D eigenvalue weighted by molar-refractivity contribution is 0.102. The molecule has 0 N–H and O–H groups in total. The van der Waals surface area contributed by atoms with Crippen molar-refractivity contribution in [2.45, 2.75) is 11.7 Å². The van der Waals surface area contributed by atoms with Gasteiger partial charge in [-0.25, -0.2) is 0 Å². The molecule has 2 aromatic heterocycles. The molecule has 0 bridgehead atoms. The molecule has 2 aromatic carbocycles.